The van der Waals surface area contributed by atoms with E-state index < -0.39 is 0 Å². The van der Waals surface area contributed by atoms with Gasteiger partial charge in [0.15, 0.2) is 22.3 Å². The molecule has 0 saturated heterocycles. The molecule has 110 valence electrons. The lowest BCUT2D eigenvalue weighted by Gasteiger charge is -1.96. The van der Waals surface area contributed by atoms with Gasteiger partial charge in [0.1, 0.15) is 28.1 Å². The second-order valence-corrected chi connectivity index (χ2v) is 4.63. The number of nitriles is 2. The largest absolute Gasteiger partial charge is 0.293 e. The third-order valence-corrected chi connectivity index (χ3v) is 2.62. The summed E-state index contributed by atoms with van der Waals surface area (Å²) in [6, 6.07) is 3.43. The molecule has 0 aliphatic rings. The van der Waals surface area contributed by atoms with Gasteiger partial charge in [0.25, 0.3) is 0 Å². The first-order chi connectivity index (χ1) is 10.4. The summed E-state index contributed by atoms with van der Waals surface area (Å²) in [5, 5.41) is 17.1. The molecule has 0 fully saturated rings. The van der Waals surface area contributed by atoms with E-state index in [2.05, 4.69) is 19.9 Å². The van der Waals surface area contributed by atoms with Crippen LogP contribution in [0.1, 0.15) is 28.8 Å². The summed E-state index contributed by atoms with van der Waals surface area (Å²) in [5.74, 6) is -0.223. The van der Waals surface area contributed by atoms with E-state index in [1.807, 2.05) is 0 Å². The van der Waals surface area contributed by atoms with Crippen molar-refractivity contribution in [3.05, 3.63) is 44.9 Å². The average Bonchev–Trinajstić information content (AvgIpc) is 2.47. The van der Waals surface area contributed by atoms with E-state index in [1.165, 1.54) is 19.3 Å². The first kappa shape index (κ1) is 17.7. The van der Waals surface area contributed by atoms with Gasteiger partial charge >= 0.3 is 0 Å². The van der Waals surface area contributed by atoms with Gasteiger partial charge in [0, 0.05) is 6.92 Å². The van der Waals surface area contributed by atoms with Crippen LogP contribution in [0.25, 0.3) is 0 Å². The highest BCUT2D eigenvalue weighted by molar-refractivity contribution is 6.34. The highest BCUT2D eigenvalue weighted by Gasteiger charge is 2.08. The molecule has 10 heteroatoms. The first-order valence-corrected chi connectivity index (χ1v) is 6.54. The number of halogens is 3. The number of carbonyl (C=O) groups is 1. The molecule has 2 heterocycles. The molecule has 0 N–H and O–H groups in total. The van der Waals surface area contributed by atoms with Crippen molar-refractivity contribution in [1.82, 2.24) is 19.9 Å². The molecule has 0 aliphatic heterocycles. The maximum Gasteiger partial charge on any atom is 0.181 e. The van der Waals surface area contributed by atoms with Gasteiger partial charge in [0.05, 0.1) is 12.4 Å². The predicted octanol–water partition coefficient (Wildman–Crippen LogP) is 2.86. The third kappa shape index (κ3) is 4.90. The highest BCUT2D eigenvalue weighted by atomic mass is 35.5. The van der Waals surface area contributed by atoms with Crippen molar-refractivity contribution in [3.63, 3.8) is 0 Å². The van der Waals surface area contributed by atoms with Crippen molar-refractivity contribution in [2.24, 2.45) is 0 Å². The fourth-order valence-electron chi connectivity index (χ4n) is 1.11. The Bertz CT molecular complexity index is 796. The normalized spacial score (nSPS) is 9.00. The van der Waals surface area contributed by atoms with Gasteiger partial charge in [0.2, 0.25) is 0 Å². The summed E-state index contributed by atoms with van der Waals surface area (Å²) in [5.41, 5.74) is 0.105. The molecule has 0 spiro atoms. The molecule has 22 heavy (non-hydrogen) atoms. The van der Waals surface area contributed by atoms with Crippen LogP contribution in [0, 0.1) is 22.7 Å². The lowest BCUT2D eigenvalue weighted by atomic mass is 10.3. The maximum absolute atomic E-state index is 10.7. The third-order valence-electron chi connectivity index (χ3n) is 1.99. The molecule has 0 atom stereocenters. The molecule has 0 radical (unpaired) electrons. The zero-order valence-corrected chi connectivity index (χ0v) is 13.1. The average molecular weight is 356 g/mol. The standard InChI is InChI=1S/C6H4Cl2N2O.C6HClN4/c1-3(11)5-6(8)10-4(7)2-9-5;7-6-3-10-4(1-8)5(2-9)11-6/h2H,1H3;3H. The van der Waals surface area contributed by atoms with E-state index in [0.717, 1.165) is 0 Å². The number of hydrogen-bond acceptors (Lipinski definition) is 7. The molecular weight excluding hydrogens is 351 g/mol. The molecule has 0 aromatic carbocycles. The molecule has 2 rings (SSSR count). The molecule has 2 aromatic heterocycles. The van der Waals surface area contributed by atoms with Crippen molar-refractivity contribution < 1.29 is 4.79 Å². The van der Waals surface area contributed by atoms with Gasteiger partial charge < -0.3 is 0 Å². The van der Waals surface area contributed by atoms with Crippen molar-refractivity contribution in [2.45, 2.75) is 6.92 Å². The molecule has 0 amide bonds. The van der Waals surface area contributed by atoms with E-state index in [4.69, 9.17) is 45.3 Å². The first-order valence-electron chi connectivity index (χ1n) is 5.40. The van der Waals surface area contributed by atoms with Crippen molar-refractivity contribution in [1.29, 1.82) is 10.5 Å². The lowest BCUT2D eigenvalue weighted by molar-refractivity contribution is 0.101. The summed E-state index contributed by atoms with van der Waals surface area (Å²) in [7, 11) is 0. The molecule has 2 aromatic rings. The van der Waals surface area contributed by atoms with Gasteiger partial charge in [-0.25, -0.2) is 19.9 Å². The minimum absolute atomic E-state index is 0.00287. The van der Waals surface area contributed by atoms with Crippen LogP contribution in [0.2, 0.25) is 15.5 Å². The van der Waals surface area contributed by atoms with Gasteiger partial charge in [-0.05, 0) is 0 Å². The van der Waals surface area contributed by atoms with Crippen LogP contribution in [0.5, 0.6) is 0 Å². The number of Topliss-reactive ketones (excluding diaryl/α,β-unsaturated/α-hetero) is 1. The smallest absolute Gasteiger partial charge is 0.181 e. The number of rotatable bonds is 1. The van der Waals surface area contributed by atoms with Crippen LogP contribution in [0.15, 0.2) is 12.4 Å². The highest BCUT2D eigenvalue weighted by Crippen LogP contribution is 2.13. The van der Waals surface area contributed by atoms with E-state index in [9.17, 15) is 4.79 Å². The number of carbonyl (C=O) groups excluding carboxylic acids is 1. The van der Waals surface area contributed by atoms with Gasteiger partial charge in [-0.3, -0.25) is 4.79 Å². The van der Waals surface area contributed by atoms with E-state index in [0.29, 0.717) is 0 Å². The van der Waals surface area contributed by atoms with Crippen LogP contribution < -0.4 is 0 Å². The summed E-state index contributed by atoms with van der Waals surface area (Å²) < 4.78 is 0. The topological polar surface area (TPSA) is 116 Å². The Morgan fingerprint density at radius 1 is 1.00 bits per heavy atom. The Kier molecular flexibility index (Phi) is 6.61. The van der Waals surface area contributed by atoms with Crippen molar-refractivity contribution in [2.75, 3.05) is 0 Å². The van der Waals surface area contributed by atoms with Crippen LogP contribution in [0.4, 0.5) is 0 Å². The Balaban J connectivity index is 0.000000220. The number of aromatic nitrogens is 4. The van der Waals surface area contributed by atoms with Crippen LogP contribution >= 0.6 is 34.8 Å². The summed E-state index contributed by atoms with van der Waals surface area (Å²) >= 11 is 16.4. The van der Waals surface area contributed by atoms with Crippen molar-refractivity contribution in [3.8, 4) is 12.1 Å². The van der Waals surface area contributed by atoms with Gasteiger partial charge in [-0.15, -0.1) is 0 Å². The van der Waals surface area contributed by atoms with E-state index in [1.54, 1.807) is 12.1 Å². The Labute approximate surface area is 140 Å². The minimum Gasteiger partial charge on any atom is -0.293 e. The molecule has 0 bridgehead atoms. The van der Waals surface area contributed by atoms with Crippen LogP contribution in [-0.4, -0.2) is 25.7 Å². The summed E-state index contributed by atoms with van der Waals surface area (Å²) in [6.07, 6.45) is 2.51. The fraction of sp³-hybridized carbons (Fsp3) is 0.0833. The molecule has 7 nitrogen and oxygen atoms in total. The Hall–Kier alpha value is -2.32. The zero-order valence-electron chi connectivity index (χ0n) is 10.9. The maximum atomic E-state index is 10.7. The van der Waals surface area contributed by atoms with Crippen molar-refractivity contribution >= 4 is 40.6 Å². The SMILES string of the molecule is CC(=O)c1ncc(Cl)nc1Cl.N#Cc1ncc(Cl)nc1C#N. The van der Waals surface area contributed by atoms with E-state index >= 15 is 0 Å². The Morgan fingerprint density at radius 2 is 1.55 bits per heavy atom. The molecular formula is C12H5Cl3N6O. The summed E-state index contributed by atoms with van der Waals surface area (Å²) in [4.78, 5) is 25.3. The zero-order chi connectivity index (χ0) is 16.7. The number of nitrogens with zero attached hydrogens (tertiary/aromatic N) is 6. The predicted molar refractivity (Wildman–Crippen MR) is 78.5 cm³/mol. The summed E-state index contributed by atoms with van der Waals surface area (Å²) in [6.45, 7) is 1.36. The quantitative estimate of drug-likeness (QED) is 0.722. The number of hydrogen-bond donors (Lipinski definition) is 0. The monoisotopic (exact) mass is 354 g/mol. The van der Waals surface area contributed by atoms with Crippen LogP contribution in [0.3, 0.4) is 0 Å². The fourth-order valence-corrected chi connectivity index (χ4v) is 1.69. The second kappa shape index (κ2) is 8.20. The molecule has 0 unspecified atom stereocenters. The van der Waals surface area contributed by atoms with E-state index in [-0.39, 0.29) is 38.3 Å². The molecule has 0 aliphatic carbocycles. The molecule has 0 saturated carbocycles. The Morgan fingerprint density at radius 3 is 2.05 bits per heavy atom. The lowest BCUT2D eigenvalue weighted by Crippen LogP contribution is -1.99. The van der Waals surface area contributed by atoms with Gasteiger partial charge in [-0.2, -0.15) is 10.5 Å². The van der Waals surface area contributed by atoms with Crippen LogP contribution in [-0.2, 0) is 0 Å². The minimum atomic E-state index is -0.223. The number of ketones is 1. The second-order valence-electron chi connectivity index (χ2n) is 3.50. The van der Waals surface area contributed by atoms with Gasteiger partial charge in [-0.1, -0.05) is 34.8 Å².